The molecule has 132 heavy (non-hydrogen) atoms. The summed E-state index contributed by atoms with van der Waals surface area (Å²) in [6.07, 6.45) is -18.5. The number of aromatic hydroxyl groups is 3. The monoisotopic (exact) mass is 1910 g/mol. The standard InChI is InChI=1S/C92H103Cl2N11O24S3/c1-44(2)33-58(97-5)83(117)104-74-76(112)47-22-25-62(56(93)35-47)125-64-37-49-38-65(80(64)129-90-81(79(115)78(114)66(43-106)127-90)128-69-42-91(4,96)82(116)45(3)124-69)126-63-26-23-48(36-57(63)94)77(113)75-89(123)103-73(85(119)99-29-32-132-131-31-28-98-68(111)27-30-130-92(50-15-9-6-10-16-50,51-17-11-7-12-18-51)52-19-13-8-14-20-52)55-39-53(107)40-61(109)70(55)54-34-46(21-24-60(54)108)71(86(120)105-75)102-87(121)72(49)101-84(118)59(41-67(95)110)100-88(74)122/h6-26,34-40,44-45,58-59,66,69,71-79,81-82,90,97,106-109,112-116H,27-33,41-43,96H2,1-5H3,(H2,95,110)(H,98,111)(H,99,119)(H,100,122)(H,101,118)(H,102,121)(H,103,123)(H,104,117)(H,105,120)/t45-,58+,59-,66+,69-,71+,72+,73-,74+,75-,76+,77+,78+,79-,81+,82+,90-,91-/m0/s1. The van der Waals surface area contributed by atoms with Gasteiger partial charge in [0, 0.05) is 65.9 Å². The number of thioether (sulfide) groups is 1. The minimum absolute atomic E-state index is 0.107. The van der Waals surface area contributed by atoms with Crippen molar-refractivity contribution in [2.24, 2.45) is 17.4 Å². The van der Waals surface area contributed by atoms with Crippen LogP contribution in [0.1, 0.15) is 128 Å². The molecule has 8 aromatic rings. The number of aliphatic hydroxyl groups is 6. The molecular weight excluding hydrogens is 1810 g/mol. The molecule has 35 nitrogen and oxygen atoms in total. The molecule has 0 spiro atoms. The minimum Gasteiger partial charge on any atom is -0.508 e. The van der Waals surface area contributed by atoms with Gasteiger partial charge in [-0.2, -0.15) is 0 Å². The Kier molecular flexibility index (Phi) is 32.3. The number of hydrogen-bond acceptors (Lipinski definition) is 29. The smallest absolute Gasteiger partial charge is 0.248 e. The summed E-state index contributed by atoms with van der Waals surface area (Å²) in [6, 6.07) is 30.5. The average Bonchev–Trinajstić information content (AvgIpc) is 0.764. The molecule has 0 aliphatic carbocycles. The predicted octanol–water partition coefficient (Wildman–Crippen LogP) is 5.75. The van der Waals surface area contributed by atoms with Gasteiger partial charge < -0.3 is 134 Å². The maximum absolute atomic E-state index is 16.4. The number of fused-ring (bicyclic) bond motifs is 15. The fourth-order valence-electron chi connectivity index (χ4n) is 16.3. The zero-order valence-electron chi connectivity index (χ0n) is 71.9. The first-order chi connectivity index (χ1) is 63.0. The molecule has 7 aliphatic rings. The molecule has 702 valence electrons. The molecular formula is C92H103Cl2N11O24S3. The van der Waals surface area contributed by atoms with E-state index in [0.29, 0.717) is 11.5 Å². The maximum atomic E-state index is 16.4. The molecule has 15 rings (SSSR count). The summed E-state index contributed by atoms with van der Waals surface area (Å²) >= 11 is 16.0. The number of phenolic OH excluding ortho intramolecular Hbond substituents is 3. The number of halogens is 2. The maximum Gasteiger partial charge on any atom is 0.248 e. The van der Waals surface area contributed by atoms with Crippen LogP contribution in [0, 0.1) is 5.92 Å². The van der Waals surface area contributed by atoms with Crippen LogP contribution in [-0.2, 0) is 62.1 Å². The Hall–Kier alpha value is -11.0. The number of primary amides is 1. The number of carbonyl (C=O) groups excluding carboxylic acids is 9. The first-order valence-electron chi connectivity index (χ1n) is 42.4. The molecule has 18 atom stereocenters. The lowest BCUT2D eigenvalue weighted by atomic mass is 9.84. The number of amides is 9. The molecule has 40 heteroatoms. The van der Waals surface area contributed by atoms with Crippen LogP contribution >= 0.6 is 56.6 Å². The summed E-state index contributed by atoms with van der Waals surface area (Å²) in [6.45, 7) is 5.86. The Labute approximate surface area is 780 Å². The third-order valence-corrected chi connectivity index (χ3v) is 27.6. The van der Waals surface area contributed by atoms with Gasteiger partial charge in [0.1, 0.15) is 95.5 Å². The van der Waals surface area contributed by atoms with E-state index in [1.165, 1.54) is 60.7 Å². The zero-order valence-corrected chi connectivity index (χ0v) is 75.9. The fourth-order valence-corrected chi connectivity index (χ4v) is 20.1. The summed E-state index contributed by atoms with van der Waals surface area (Å²) < 4.78 is 38.2. The van der Waals surface area contributed by atoms with E-state index in [4.69, 9.17) is 63.1 Å². The Morgan fingerprint density at radius 3 is 1.77 bits per heavy atom. The molecule has 0 aromatic heterocycles. The normalized spacial score (nSPS) is 25.3. The largest absolute Gasteiger partial charge is 0.508 e. The molecule has 0 unspecified atom stereocenters. The number of likely N-dealkylation sites (N-methyl/N-ethyl adjacent to an activating group) is 1. The fraction of sp³-hybridized carbons (Fsp3) is 0.380. The lowest BCUT2D eigenvalue weighted by Crippen LogP contribution is -2.64. The second kappa shape index (κ2) is 43.3. The molecule has 2 fully saturated rings. The van der Waals surface area contributed by atoms with E-state index in [-0.39, 0.29) is 88.7 Å². The number of phenols is 3. The van der Waals surface area contributed by atoms with Crippen molar-refractivity contribution in [3.05, 3.63) is 224 Å². The van der Waals surface area contributed by atoms with E-state index in [0.717, 1.165) is 77.4 Å². The van der Waals surface area contributed by atoms with Crippen molar-refractivity contribution in [3.63, 3.8) is 0 Å². The van der Waals surface area contributed by atoms with Crippen LogP contribution in [0.15, 0.2) is 170 Å². The molecule has 22 N–H and O–H groups in total. The van der Waals surface area contributed by atoms with E-state index >= 15 is 28.8 Å². The average molecular weight is 1910 g/mol. The summed E-state index contributed by atoms with van der Waals surface area (Å²) in [5.41, 5.74) is 11.7. The molecule has 0 saturated carbocycles. The minimum atomic E-state index is -2.36. The van der Waals surface area contributed by atoms with E-state index in [9.17, 15) is 60.3 Å². The Morgan fingerprint density at radius 2 is 1.20 bits per heavy atom. The first-order valence-corrected chi connectivity index (χ1v) is 46.6. The van der Waals surface area contributed by atoms with Crippen LogP contribution in [0.2, 0.25) is 10.0 Å². The van der Waals surface area contributed by atoms with Gasteiger partial charge in [-0.1, -0.05) is 168 Å². The topological polar surface area (TPSA) is 551 Å². The van der Waals surface area contributed by atoms with E-state index in [1.54, 1.807) is 11.8 Å². The van der Waals surface area contributed by atoms with Crippen LogP contribution in [0.4, 0.5) is 0 Å². The van der Waals surface area contributed by atoms with Gasteiger partial charge in [-0.15, -0.1) is 11.8 Å². The van der Waals surface area contributed by atoms with E-state index < -0.39 is 230 Å². The summed E-state index contributed by atoms with van der Waals surface area (Å²) in [5, 5.41) is 129. The number of benzene rings is 8. The van der Waals surface area contributed by atoms with Crippen molar-refractivity contribution in [2.45, 2.75) is 167 Å². The van der Waals surface area contributed by atoms with E-state index in [1.807, 2.05) is 68.4 Å². The van der Waals surface area contributed by atoms with Gasteiger partial charge in [0.05, 0.1) is 46.1 Å². The third-order valence-electron chi connectivity index (χ3n) is 23.1. The third kappa shape index (κ3) is 22.6. The van der Waals surface area contributed by atoms with E-state index in [2.05, 4.69) is 84.2 Å². The summed E-state index contributed by atoms with van der Waals surface area (Å²) in [5.74, 6) is -13.9. The number of nitrogens with two attached hydrogens (primary N) is 2. The highest BCUT2D eigenvalue weighted by molar-refractivity contribution is 8.76. The van der Waals surface area contributed by atoms with Gasteiger partial charge in [-0.05, 0) is 132 Å². The number of nitrogens with one attached hydrogen (secondary N) is 9. The van der Waals surface area contributed by atoms with Crippen molar-refractivity contribution in [1.29, 1.82) is 0 Å². The molecule has 2 saturated heterocycles. The highest BCUT2D eigenvalue weighted by Gasteiger charge is 2.52. The highest BCUT2D eigenvalue weighted by Crippen LogP contribution is 2.52. The molecule has 9 amide bonds. The van der Waals surface area contributed by atoms with Crippen LogP contribution in [-0.4, -0.2) is 222 Å². The highest BCUT2D eigenvalue weighted by atomic mass is 35.5. The zero-order chi connectivity index (χ0) is 94.7. The quantitative estimate of drug-likeness (QED) is 0.0165. The van der Waals surface area contributed by atoms with Gasteiger partial charge in [0.2, 0.25) is 65.2 Å². The van der Waals surface area contributed by atoms with Crippen LogP contribution in [0.3, 0.4) is 0 Å². The summed E-state index contributed by atoms with van der Waals surface area (Å²) in [4.78, 5) is 135. The van der Waals surface area contributed by atoms with Crippen molar-refractivity contribution >= 4 is 110 Å². The van der Waals surface area contributed by atoms with Crippen LogP contribution < -0.4 is 73.5 Å². The molecule has 11 bridgehead atoms. The van der Waals surface area contributed by atoms with Gasteiger partial charge in [0.15, 0.2) is 23.9 Å². The number of aliphatic hydroxyl groups excluding tert-OH is 6. The molecule has 8 aromatic carbocycles. The van der Waals surface area contributed by atoms with Crippen molar-refractivity contribution < 1.29 is 118 Å². The lowest BCUT2D eigenvalue weighted by Gasteiger charge is -2.47. The van der Waals surface area contributed by atoms with Crippen molar-refractivity contribution in [1.82, 2.24) is 47.9 Å². The second-order valence-corrected chi connectivity index (χ2v) is 37.9. The Bertz CT molecular complexity index is 5460. The van der Waals surface area contributed by atoms with Gasteiger partial charge >= 0.3 is 0 Å². The van der Waals surface area contributed by atoms with Crippen LogP contribution in [0.25, 0.3) is 11.1 Å². The molecule has 7 aliphatic heterocycles. The SMILES string of the molecule is CN[C@H](CC(C)C)C(=O)N[C@H]1C(=O)N[C@@H](CC(N)=O)C(=O)N[C@H]2C(=O)N[C@H]3C(=O)N[C@H](C(=O)N[C@H](C(=O)NCCSSCCNC(=O)CCSC(c4ccccc4)(c4ccccc4)c4ccccc4)c4cc(O)cc(O)c4-c4cc3ccc4O)[C@H](O)c3ccc(c(Cl)c3)Oc3cc2cc(c3O[C@@H]2O[C@H](CO)[C@@H](O)[C@H](O)[C@H]2O[C@H]2C[C@](C)(N)[C@H](O)[C@H](C)O2)Oc2ccc(cc2Cl)[C@H]1O. The number of ether oxygens (including phenoxy) is 6. The molecule has 7 heterocycles. The Balaban J connectivity index is 0.863. The number of carbonyl (C=O) groups is 9. The van der Waals surface area contributed by atoms with Crippen molar-refractivity contribution in [2.75, 3.05) is 44.0 Å². The van der Waals surface area contributed by atoms with Crippen molar-refractivity contribution in [3.8, 4) is 57.1 Å². The Morgan fingerprint density at radius 1 is 0.629 bits per heavy atom. The molecule has 0 radical (unpaired) electrons. The van der Waals surface area contributed by atoms with Crippen LogP contribution in [0.5, 0.6) is 46.0 Å². The van der Waals surface area contributed by atoms with Gasteiger partial charge in [0.25, 0.3) is 0 Å². The first kappa shape index (κ1) is 98.5. The van der Waals surface area contributed by atoms with Gasteiger partial charge in [-0.25, -0.2) is 0 Å². The number of hydrogen-bond donors (Lipinski definition) is 20. The number of rotatable bonds is 27. The summed E-state index contributed by atoms with van der Waals surface area (Å²) in [7, 11) is 4.19. The second-order valence-electron chi connectivity index (χ2n) is 33.0. The predicted molar refractivity (Wildman–Crippen MR) is 489 cm³/mol. The van der Waals surface area contributed by atoms with Gasteiger partial charge in [-0.3, -0.25) is 43.2 Å². The lowest BCUT2D eigenvalue weighted by molar-refractivity contribution is -0.333.